The number of hydrogen-bond acceptors (Lipinski definition) is 8. The molecule has 0 spiro atoms. The molecule has 8 nitrogen and oxygen atoms in total. The highest BCUT2D eigenvalue weighted by Gasteiger charge is 2.29. The summed E-state index contributed by atoms with van der Waals surface area (Å²) in [5, 5.41) is 0.923. The van der Waals surface area contributed by atoms with Crippen molar-refractivity contribution in [2.45, 2.75) is 17.4 Å². The van der Waals surface area contributed by atoms with Crippen molar-refractivity contribution in [2.24, 2.45) is 0 Å². The molecule has 0 saturated heterocycles. The Labute approximate surface area is 195 Å². The van der Waals surface area contributed by atoms with Crippen molar-refractivity contribution in [3.05, 3.63) is 71.5 Å². The van der Waals surface area contributed by atoms with Crippen LogP contribution in [0.5, 0.6) is 17.2 Å². The first-order chi connectivity index (χ1) is 16.0. The molecule has 5 rings (SSSR count). The Balaban J connectivity index is 1.57. The van der Waals surface area contributed by atoms with Gasteiger partial charge in [-0.15, -0.1) is 11.3 Å². The van der Waals surface area contributed by atoms with Crippen molar-refractivity contribution >= 4 is 31.6 Å². The molecule has 4 aromatic rings. The predicted molar refractivity (Wildman–Crippen MR) is 125 cm³/mol. The monoisotopic (exact) mass is 483 g/mol. The van der Waals surface area contributed by atoms with Crippen LogP contribution in [0.3, 0.4) is 0 Å². The van der Waals surface area contributed by atoms with Gasteiger partial charge in [-0.1, -0.05) is 6.07 Å². The van der Waals surface area contributed by atoms with E-state index in [0.29, 0.717) is 36.2 Å². The van der Waals surface area contributed by atoms with Crippen molar-refractivity contribution in [2.75, 3.05) is 20.3 Å². The van der Waals surface area contributed by atoms with Crippen molar-refractivity contribution in [1.82, 2.24) is 14.7 Å². The summed E-state index contributed by atoms with van der Waals surface area (Å²) in [4.78, 5) is 10.5. The molecule has 0 bridgehead atoms. The van der Waals surface area contributed by atoms with Gasteiger partial charge in [0.2, 0.25) is 10.0 Å². The molecule has 1 aliphatic rings. The van der Waals surface area contributed by atoms with Gasteiger partial charge in [0.25, 0.3) is 0 Å². The van der Waals surface area contributed by atoms with E-state index in [2.05, 4.69) is 14.7 Å². The third kappa shape index (κ3) is 4.37. The highest BCUT2D eigenvalue weighted by molar-refractivity contribution is 7.89. The smallest absolute Gasteiger partial charge is 0.241 e. The van der Waals surface area contributed by atoms with Crippen LogP contribution in [0.25, 0.3) is 10.2 Å². The molecule has 0 amide bonds. The molecule has 1 atom stereocenters. The van der Waals surface area contributed by atoms with Gasteiger partial charge in [-0.3, -0.25) is 4.98 Å². The Morgan fingerprint density at radius 1 is 1.03 bits per heavy atom. The van der Waals surface area contributed by atoms with Gasteiger partial charge in [-0.05, 0) is 36.4 Å². The Hall–Kier alpha value is -3.21. The lowest BCUT2D eigenvalue weighted by Crippen LogP contribution is -2.30. The van der Waals surface area contributed by atoms with Crippen LogP contribution in [0.4, 0.5) is 0 Å². The van der Waals surface area contributed by atoms with Crippen LogP contribution in [0.2, 0.25) is 0 Å². The summed E-state index contributed by atoms with van der Waals surface area (Å²) in [5.74, 6) is 1.42. The van der Waals surface area contributed by atoms with Gasteiger partial charge in [0.15, 0.2) is 11.5 Å². The SMILES string of the molecule is COc1cccnc1[C@H](NS(=O)(=O)c1ccc2c(c1)OCCCO2)c1cc2cccnc2s1. The average molecular weight is 484 g/mol. The molecule has 1 N–H and O–H groups in total. The Kier molecular flexibility index (Phi) is 5.88. The number of ether oxygens (including phenoxy) is 3. The van der Waals surface area contributed by atoms with E-state index < -0.39 is 16.1 Å². The number of thiophene rings is 1. The maximum atomic E-state index is 13.5. The van der Waals surface area contributed by atoms with Crippen LogP contribution in [-0.2, 0) is 10.0 Å². The number of methoxy groups -OCH3 is 1. The lowest BCUT2D eigenvalue weighted by atomic mass is 10.1. The molecular weight excluding hydrogens is 462 g/mol. The van der Waals surface area contributed by atoms with Crippen LogP contribution >= 0.6 is 11.3 Å². The Morgan fingerprint density at radius 3 is 2.64 bits per heavy atom. The van der Waals surface area contributed by atoms with E-state index in [1.807, 2.05) is 18.2 Å². The first kappa shape index (κ1) is 21.6. The summed E-state index contributed by atoms with van der Waals surface area (Å²) in [6.07, 6.45) is 4.05. The number of aromatic nitrogens is 2. The third-order valence-corrected chi connectivity index (χ3v) is 7.74. The van der Waals surface area contributed by atoms with Crippen LogP contribution in [0.1, 0.15) is 23.0 Å². The molecule has 170 valence electrons. The van der Waals surface area contributed by atoms with Crippen LogP contribution < -0.4 is 18.9 Å². The van der Waals surface area contributed by atoms with Gasteiger partial charge >= 0.3 is 0 Å². The number of pyridine rings is 2. The fraction of sp³-hybridized carbons (Fsp3) is 0.217. The zero-order valence-corrected chi connectivity index (χ0v) is 19.4. The fourth-order valence-corrected chi connectivity index (χ4v) is 5.93. The number of rotatable bonds is 6. The van der Waals surface area contributed by atoms with Gasteiger partial charge in [-0.25, -0.2) is 13.4 Å². The number of benzene rings is 1. The van der Waals surface area contributed by atoms with Crippen LogP contribution in [0, 0.1) is 0 Å². The van der Waals surface area contributed by atoms with Gasteiger partial charge in [-0.2, -0.15) is 4.72 Å². The van der Waals surface area contributed by atoms with E-state index in [4.69, 9.17) is 14.2 Å². The lowest BCUT2D eigenvalue weighted by molar-refractivity contribution is 0.297. The first-order valence-corrected chi connectivity index (χ1v) is 12.6. The van der Waals surface area contributed by atoms with Gasteiger partial charge in [0, 0.05) is 35.1 Å². The molecule has 0 fully saturated rings. The number of fused-ring (bicyclic) bond motifs is 2. The number of hydrogen-bond donors (Lipinski definition) is 1. The Morgan fingerprint density at radius 2 is 1.82 bits per heavy atom. The predicted octanol–water partition coefficient (Wildman–Crippen LogP) is 3.93. The van der Waals surface area contributed by atoms with Gasteiger partial charge in [0.05, 0.1) is 25.2 Å². The highest BCUT2D eigenvalue weighted by atomic mass is 32.2. The second-order valence-electron chi connectivity index (χ2n) is 7.35. The highest BCUT2D eigenvalue weighted by Crippen LogP contribution is 2.37. The zero-order chi connectivity index (χ0) is 22.8. The second kappa shape index (κ2) is 8.97. The molecule has 3 aromatic heterocycles. The summed E-state index contributed by atoms with van der Waals surface area (Å²) >= 11 is 1.40. The summed E-state index contributed by atoms with van der Waals surface area (Å²) < 4.78 is 46.6. The molecule has 4 heterocycles. The average Bonchev–Trinajstić information content (AvgIpc) is 3.12. The minimum Gasteiger partial charge on any atom is -0.495 e. The molecule has 33 heavy (non-hydrogen) atoms. The lowest BCUT2D eigenvalue weighted by Gasteiger charge is -2.19. The second-order valence-corrected chi connectivity index (χ2v) is 10.1. The topological polar surface area (TPSA) is 99.6 Å². The molecule has 0 aliphatic carbocycles. The molecule has 1 aliphatic heterocycles. The molecule has 0 unspecified atom stereocenters. The molecule has 10 heteroatoms. The fourth-order valence-electron chi connectivity index (χ4n) is 3.61. The quantitative estimate of drug-likeness (QED) is 0.444. The standard InChI is InChI=1S/C23H21N3O5S2/c1-29-18-6-3-9-24-21(18)22(20-13-15-5-2-10-25-23(15)32-20)26-33(27,28)16-7-8-17-19(14-16)31-12-4-11-30-17/h2-3,5-10,13-14,22,26H,4,11-12H2,1H3/t22-/m1/s1. The van der Waals surface area contributed by atoms with E-state index in [1.165, 1.54) is 30.6 Å². The summed E-state index contributed by atoms with van der Waals surface area (Å²) in [6.45, 7) is 0.991. The van der Waals surface area contributed by atoms with Crippen LogP contribution in [0.15, 0.2) is 65.8 Å². The molecular formula is C23H21N3O5S2. The Bertz CT molecular complexity index is 1370. The van der Waals surface area contributed by atoms with E-state index in [-0.39, 0.29) is 4.90 Å². The number of nitrogens with one attached hydrogen (secondary N) is 1. The first-order valence-electron chi connectivity index (χ1n) is 10.3. The van der Waals surface area contributed by atoms with E-state index in [1.54, 1.807) is 30.6 Å². The van der Waals surface area contributed by atoms with Gasteiger partial charge < -0.3 is 14.2 Å². The molecule has 0 saturated carbocycles. The van der Waals surface area contributed by atoms with E-state index in [0.717, 1.165) is 21.5 Å². The van der Waals surface area contributed by atoms with Crippen molar-refractivity contribution in [1.29, 1.82) is 0 Å². The summed E-state index contributed by atoms with van der Waals surface area (Å²) in [6, 6.07) is 13.0. The maximum Gasteiger partial charge on any atom is 0.241 e. The van der Waals surface area contributed by atoms with Crippen LogP contribution in [-0.4, -0.2) is 38.7 Å². The largest absolute Gasteiger partial charge is 0.495 e. The normalized spacial score (nSPS) is 14.6. The number of sulfonamides is 1. The molecule has 1 aromatic carbocycles. The minimum atomic E-state index is -3.96. The zero-order valence-electron chi connectivity index (χ0n) is 17.7. The summed E-state index contributed by atoms with van der Waals surface area (Å²) in [7, 11) is -2.43. The minimum absolute atomic E-state index is 0.0749. The number of nitrogens with zero attached hydrogens (tertiary/aromatic N) is 2. The van der Waals surface area contributed by atoms with Crippen molar-refractivity contribution in [3.63, 3.8) is 0 Å². The molecule has 0 radical (unpaired) electrons. The van der Waals surface area contributed by atoms with Crippen molar-refractivity contribution in [3.8, 4) is 17.2 Å². The van der Waals surface area contributed by atoms with E-state index in [9.17, 15) is 8.42 Å². The summed E-state index contributed by atoms with van der Waals surface area (Å²) in [5.41, 5.74) is 0.462. The van der Waals surface area contributed by atoms with Gasteiger partial charge in [0.1, 0.15) is 22.3 Å². The van der Waals surface area contributed by atoms with Crippen molar-refractivity contribution < 1.29 is 22.6 Å². The third-order valence-electron chi connectivity index (χ3n) is 5.19. The van der Waals surface area contributed by atoms with E-state index >= 15 is 0 Å². The maximum absolute atomic E-state index is 13.5.